The predicted molar refractivity (Wildman–Crippen MR) is 131 cm³/mol. The number of carboxylic acids is 1. The van der Waals surface area contributed by atoms with Gasteiger partial charge in [-0.1, -0.05) is 17.7 Å². The summed E-state index contributed by atoms with van der Waals surface area (Å²) in [5, 5.41) is 15.3. The predicted octanol–water partition coefficient (Wildman–Crippen LogP) is 3.93. The molecule has 9 heteroatoms. The van der Waals surface area contributed by atoms with Gasteiger partial charge in [0.1, 0.15) is 5.75 Å². The molecule has 1 saturated carbocycles. The number of hydrogen-bond donors (Lipinski definition) is 3. The molecule has 2 aromatic rings. The highest BCUT2D eigenvalue weighted by Crippen LogP contribution is 2.40. The van der Waals surface area contributed by atoms with Crippen molar-refractivity contribution in [3.05, 3.63) is 58.6 Å². The zero-order chi connectivity index (χ0) is 24.1. The van der Waals surface area contributed by atoms with Crippen molar-refractivity contribution in [1.29, 1.82) is 0 Å². The number of carbonyl (C=O) groups excluding carboxylic acids is 2. The monoisotopic (exact) mass is 502 g/mol. The van der Waals surface area contributed by atoms with Gasteiger partial charge in [-0.2, -0.15) is 0 Å². The van der Waals surface area contributed by atoms with Crippen LogP contribution >= 0.6 is 23.4 Å². The molecule has 2 amide bonds. The topological polar surface area (TPSA) is 105 Å². The number of ether oxygens (including phenoxy) is 1. The largest absolute Gasteiger partial charge is 0.490 e. The molecular weight excluding hydrogens is 476 g/mol. The van der Waals surface area contributed by atoms with E-state index in [0.29, 0.717) is 61.5 Å². The summed E-state index contributed by atoms with van der Waals surface area (Å²) in [4.78, 5) is 37.0. The molecule has 4 rings (SSSR count). The van der Waals surface area contributed by atoms with Crippen molar-refractivity contribution >= 4 is 41.1 Å². The molecule has 1 unspecified atom stereocenters. The molecule has 0 saturated heterocycles. The number of carbonyl (C=O) groups is 3. The van der Waals surface area contributed by atoms with Gasteiger partial charge in [-0.15, -0.1) is 11.8 Å². The van der Waals surface area contributed by atoms with Gasteiger partial charge in [-0.25, -0.2) is 0 Å². The molecule has 1 aliphatic heterocycles. The Bertz CT molecular complexity index is 1050. The molecule has 7 nitrogen and oxygen atoms in total. The molecular formula is C25H27ClN2O5S. The first kappa shape index (κ1) is 24.4. The van der Waals surface area contributed by atoms with Crippen molar-refractivity contribution in [2.75, 3.05) is 13.1 Å². The van der Waals surface area contributed by atoms with E-state index in [1.165, 1.54) is 11.8 Å². The number of carboxylic acid groups (broad SMARTS) is 1. The third-order valence-corrected chi connectivity index (χ3v) is 7.84. The Morgan fingerprint density at radius 3 is 2.38 bits per heavy atom. The number of amides is 2. The fourth-order valence-corrected chi connectivity index (χ4v) is 5.80. The van der Waals surface area contributed by atoms with Crippen LogP contribution in [0.1, 0.15) is 41.6 Å². The Morgan fingerprint density at radius 1 is 1.00 bits per heavy atom. The lowest BCUT2D eigenvalue weighted by Gasteiger charge is -2.26. The Morgan fingerprint density at radius 2 is 1.71 bits per heavy atom. The number of thioether (sulfide) groups is 1. The summed E-state index contributed by atoms with van der Waals surface area (Å²) >= 11 is 7.73. The van der Waals surface area contributed by atoms with Crippen LogP contribution in [0.4, 0.5) is 0 Å². The Labute approximate surface area is 207 Å². The fourth-order valence-electron chi connectivity index (χ4n) is 4.26. The van der Waals surface area contributed by atoms with Gasteiger partial charge in [0.2, 0.25) is 5.91 Å². The van der Waals surface area contributed by atoms with E-state index >= 15 is 0 Å². The number of aliphatic carboxylic acids is 1. The average molecular weight is 503 g/mol. The van der Waals surface area contributed by atoms with Crippen LogP contribution in [0.3, 0.4) is 0 Å². The molecule has 180 valence electrons. The molecule has 1 atom stereocenters. The van der Waals surface area contributed by atoms with E-state index in [1.807, 2.05) is 18.2 Å². The van der Waals surface area contributed by atoms with Crippen molar-refractivity contribution < 1.29 is 24.2 Å². The van der Waals surface area contributed by atoms with Crippen LogP contribution in [0, 0.1) is 5.92 Å². The fraction of sp³-hybridized carbons (Fsp3) is 0.400. The second kappa shape index (κ2) is 11.1. The Balaban J connectivity index is 1.16. The Hall–Kier alpha value is -2.71. The first-order valence-electron chi connectivity index (χ1n) is 11.4. The van der Waals surface area contributed by atoms with E-state index in [9.17, 15) is 14.4 Å². The number of fused-ring (bicyclic) bond motifs is 1. The van der Waals surface area contributed by atoms with Crippen LogP contribution in [-0.2, 0) is 16.0 Å². The van der Waals surface area contributed by atoms with Crippen LogP contribution in [0.5, 0.6) is 5.75 Å². The first-order valence-corrected chi connectivity index (χ1v) is 12.7. The van der Waals surface area contributed by atoms with Crippen molar-refractivity contribution in [2.24, 2.45) is 5.92 Å². The van der Waals surface area contributed by atoms with Crippen LogP contribution in [0.2, 0.25) is 5.02 Å². The highest BCUT2D eigenvalue weighted by Gasteiger charge is 2.29. The number of rotatable bonds is 8. The smallest absolute Gasteiger partial charge is 0.306 e. The van der Waals surface area contributed by atoms with Crippen LogP contribution in [0.25, 0.3) is 0 Å². The molecule has 0 spiro atoms. The molecule has 1 fully saturated rings. The molecule has 0 bridgehead atoms. The van der Waals surface area contributed by atoms with Gasteiger partial charge >= 0.3 is 5.97 Å². The minimum absolute atomic E-state index is 0.000682. The highest BCUT2D eigenvalue weighted by atomic mass is 35.5. The minimum Gasteiger partial charge on any atom is -0.490 e. The van der Waals surface area contributed by atoms with Gasteiger partial charge in [0.25, 0.3) is 5.91 Å². The van der Waals surface area contributed by atoms with E-state index in [-0.39, 0.29) is 29.1 Å². The minimum atomic E-state index is -0.735. The quantitative estimate of drug-likeness (QED) is 0.472. The van der Waals surface area contributed by atoms with Crippen LogP contribution in [0.15, 0.2) is 47.4 Å². The molecule has 3 N–H and O–H groups in total. The third kappa shape index (κ3) is 6.04. The third-order valence-electron chi connectivity index (χ3n) is 6.18. The maximum Gasteiger partial charge on any atom is 0.306 e. The maximum absolute atomic E-state index is 12.5. The highest BCUT2D eigenvalue weighted by molar-refractivity contribution is 8.01. The maximum atomic E-state index is 12.5. The molecule has 2 aromatic carbocycles. The average Bonchev–Trinajstić information content (AvgIpc) is 3.28. The zero-order valence-corrected chi connectivity index (χ0v) is 20.2. The van der Waals surface area contributed by atoms with Crippen molar-refractivity contribution in [2.45, 2.75) is 48.4 Å². The van der Waals surface area contributed by atoms with Crippen LogP contribution < -0.4 is 15.4 Å². The normalized spacial score (nSPS) is 21.4. The lowest BCUT2D eigenvalue weighted by atomic mass is 9.87. The van der Waals surface area contributed by atoms with Gasteiger partial charge in [0.15, 0.2) is 0 Å². The lowest BCUT2D eigenvalue weighted by Crippen LogP contribution is -2.38. The number of halogens is 1. The summed E-state index contributed by atoms with van der Waals surface area (Å²) in [6.45, 7) is 0.659. The summed E-state index contributed by atoms with van der Waals surface area (Å²) in [6.07, 6.45) is 3.27. The summed E-state index contributed by atoms with van der Waals surface area (Å²) in [6, 6.07) is 12.6. The van der Waals surface area contributed by atoms with E-state index < -0.39 is 5.97 Å². The van der Waals surface area contributed by atoms with Gasteiger partial charge in [0.05, 0.1) is 17.3 Å². The van der Waals surface area contributed by atoms with E-state index in [1.54, 1.807) is 24.3 Å². The summed E-state index contributed by atoms with van der Waals surface area (Å²) in [5.74, 6) is -0.635. The second-order valence-corrected chi connectivity index (χ2v) is 10.2. The first-order chi connectivity index (χ1) is 16.4. The standard InChI is InChI=1S/C25H27ClN2O5S/c26-20-2-1-3-21-19(20)14-22(34-21)24(30)28-13-12-27-23(29)15-4-8-17(9-5-15)33-18-10-6-16(7-11-18)25(31)32/h1-5,8-9,16,18,22H,6-7,10-14H2,(H,27,29)(H,28,30)(H,31,32)/t16-,18+,22?. The van der Waals surface area contributed by atoms with Crippen molar-refractivity contribution in [3.63, 3.8) is 0 Å². The van der Waals surface area contributed by atoms with Crippen molar-refractivity contribution in [3.8, 4) is 5.75 Å². The molecule has 1 aliphatic carbocycles. The number of hydrogen-bond acceptors (Lipinski definition) is 5. The summed E-state index contributed by atoms with van der Waals surface area (Å²) < 4.78 is 5.94. The summed E-state index contributed by atoms with van der Waals surface area (Å²) in [7, 11) is 0. The van der Waals surface area contributed by atoms with Gasteiger partial charge in [0, 0.05) is 28.6 Å². The SMILES string of the molecule is O=C(NCCNC(=O)C1Cc2c(Cl)cccc2S1)c1ccc(O[C@H]2CC[C@@H](C(=O)O)CC2)cc1. The van der Waals surface area contributed by atoms with Gasteiger partial charge in [-0.3, -0.25) is 14.4 Å². The van der Waals surface area contributed by atoms with Gasteiger partial charge < -0.3 is 20.5 Å². The number of nitrogens with one attached hydrogen (secondary N) is 2. The Kier molecular flexibility index (Phi) is 8.00. The van der Waals surface area contributed by atoms with Crippen LogP contribution in [-0.4, -0.2) is 47.3 Å². The zero-order valence-electron chi connectivity index (χ0n) is 18.6. The molecule has 2 aliphatic rings. The molecule has 0 aromatic heterocycles. The van der Waals surface area contributed by atoms with E-state index in [4.69, 9.17) is 21.4 Å². The summed E-state index contributed by atoms with van der Waals surface area (Å²) in [5.41, 5.74) is 1.52. The molecule has 0 radical (unpaired) electrons. The number of benzene rings is 2. The van der Waals surface area contributed by atoms with Gasteiger partial charge in [-0.05, 0) is 74.1 Å². The lowest BCUT2D eigenvalue weighted by molar-refractivity contribution is -0.143. The molecule has 1 heterocycles. The van der Waals surface area contributed by atoms with E-state index in [0.717, 1.165) is 10.5 Å². The molecule has 34 heavy (non-hydrogen) atoms. The van der Waals surface area contributed by atoms with Crippen molar-refractivity contribution in [1.82, 2.24) is 10.6 Å². The second-order valence-electron chi connectivity index (χ2n) is 8.53. The van der Waals surface area contributed by atoms with E-state index in [2.05, 4.69) is 10.6 Å².